The van der Waals surface area contributed by atoms with Crippen LogP contribution in [-0.2, 0) is 11.3 Å². The number of nitrogens with one attached hydrogen (secondary N) is 3. The quantitative estimate of drug-likeness (QED) is 0.190. The highest BCUT2D eigenvalue weighted by atomic mass is 127. The van der Waals surface area contributed by atoms with Gasteiger partial charge in [-0.2, -0.15) is 0 Å². The summed E-state index contributed by atoms with van der Waals surface area (Å²) >= 11 is 0. The third-order valence-corrected chi connectivity index (χ3v) is 5.01. The number of rotatable bonds is 9. The van der Waals surface area contributed by atoms with E-state index in [1.807, 2.05) is 45.9 Å². The number of carbonyl (C=O) groups excluding carboxylic acids is 1. The molecular formula is C23H39IN4O3. The van der Waals surface area contributed by atoms with E-state index >= 15 is 0 Å². The van der Waals surface area contributed by atoms with Crippen LogP contribution in [0.3, 0.4) is 0 Å². The Bertz CT molecular complexity index is 713. The lowest BCUT2D eigenvalue weighted by atomic mass is 9.96. The summed E-state index contributed by atoms with van der Waals surface area (Å²) in [6, 6.07) is 5.90. The zero-order valence-corrected chi connectivity index (χ0v) is 21.9. The molecule has 8 heteroatoms. The summed E-state index contributed by atoms with van der Waals surface area (Å²) in [6.07, 6.45) is 4.93. The number of nitrogens with zero attached hydrogens (tertiary/aromatic N) is 1. The van der Waals surface area contributed by atoms with Crippen LogP contribution in [-0.4, -0.2) is 44.7 Å². The van der Waals surface area contributed by atoms with Crippen molar-refractivity contribution in [3.05, 3.63) is 23.8 Å². The van der Waals surface area contributed by atoms with E-state index < -0.39 is 0 Å². The maximum atomic E-state index is 12.0. The summed E-state index contributed by atoms with van der Waals surface area (Å²) in [6.45, 7) is 10.1. The lowest BCUT2D eigenvalue weighted by molar-refractivity contribution is -0.128. The van der Waals surface area contributed by atoms with Crippen LogP contribution < -0.4 is 25.4 Å². The molecule has 31 heavy (non-hydrogen) atoms. The van der Waals surface area contributed by atoms with Crippen molar-refractivity contribution in [1.82, 2.24) is 16.0 Å². The normalized spacial score (nSPS) is 14.5. The molecule has 0 radical (unpaired) electrons. The Labute approximate surface area is 204 Å². The van der Waals surface area contributed by atoms with E-state index in [1.54, 1.807) is 7.11 Å². The molecule has 0 heterocycles. The van der Waals surface area contributed by atoms with Gasteiger partial charge in [0.2, 0.25) is 5.91 Å². The van der Waals surface area contributed by atoms with Crippen molar-refractivity contribution in [2.75, 3.05) is 26.7 Å². The molecule has 1 saturated carbocycles. The molecule has 1 aliphatic rings. The van der Waals surface area contributed by atoms with Crippen LogP contribution in [0.2, 0.25) is 0 Å². The summed E-state index contributed by atoms with van der Waals surface area (Å²) in [5.41, 5.74) is 0.642. The molecule has 0 aromatic heterocycles. The van der Waals surface area contributed by atoms with Gasteiger partial charge >= 0.3 is 0 Å². The van der Waals surface area contributed by atoms with Gasteiger partial charge in [-0.05, 0) is 44.7 Å². The number of hydrogen-bond donors (Lipinski definition) is 3. The Balaban J connectivity index is 0.00000480. The summed E-state index contributed by atoms with van der Waals surface area (Å²) in [5, 5.41) is 9.46. The monoisotopic (exact) mass is 546 g/mol. The largest absolute Gasteiger partial charge is 0.497 e. The number of halogens is 1. The van der Waals surface area contributed by atoms with Crippen LogP contribution in [0.4, 0.5) is 0 Å². The second kappa shape index (κ2) is 13.6. The van der Waals surface area contributed by atoms with E-state index in [4.69, 9.17) is 14.5 Å². The van der Waals surface area contributed by atoms with Gasteiger partial charge in [0.05, 0.1) is 19.8 Å². The molecule has 0 atom stereocenters. The Kier molecular flexibility index (Phi) is 12.0. The third kappa shape index (κ3) is 9.53. The Morgan fingerprint density at radius 1 is 1.13 bits per heavy atom. The average Bonchev–Trinajstić information content (AvgIpc) is 3.22. The topological polar surface area (TPSA) is 84.0 Å². The number of carbonyl (C=O) groups is 1. The predicted molar refractivity (Wildman–Crippen MR) is 137 cm³/mol. The fourth-order valence-corrected chi connectivity index (χ4v) is 3.22. The first-order valence-corrected chi connectivity index (χ1v) is 11.0. The fraction of sp³-hybridized carbons (Fsp3) is 0.652. The van der Waals surface area contributed by atoms with E-state index in [0.717, 1.165) is 36.4 Å². The van der Waals surface area contributed by atoms with Crippen molar-refractivity contribution in [2.45, 2.75) is 66.0 Å². The number of ether oxygens (including phenoxy) is 2. The highest BCUT2D eigenvalue weighted by molar-refractivity contribution is 14.0. The van der Waals surface area contributed by atoms with Crippen LogP contribution in [0.15, 0.2) is 23.2 Å². The Morgan fingerprint density at radius 2 is 1.81 bits per heavy atom. The predicted octanol–water partition coefficient (Wildman–Crippen LogP) is 3.85. The molecular weight excluding hydrogens is 507 g/mol. The summed E-state index contributed by atoms with van der Waals surface area (Å²) in [4.78, 5) is 16.7. The first-order chi connectivity index (χ1) is 14.3. The number of benzene rings is 1. The van der Waals surface area contributed by atoms with Crippen molar-refractivity contribution in [1.29, 1.82) is 0 Å². The molecule has 2 rings (SSSR count). The molecule has 1 aromatic rings. The van der Waals surface area contributed by atoms with Crippen LogP contribution in [0, 0.1) is 5.41 Å². The Hall–Kier alpha value is -1.71. The van der Waals surface area contributed by atoms with Gasteiger partial charge in [0, 0.05) is 36.7 Å². The smallest absolute Gasteiger partial charge is 0.225 e. The van der Waals surface area contributed by atoms with Gasteiger partial charge in [-0.15, -0.1) is 24.0 Å². The second-order valence-corrected chi connectivity index (χ2v) is 8.63. The van der Waals surface area contributed by atoms with Crippen molar-refractivity contribution >= 4 is 35.8 Å². The number of hydrogen-bond acceptors (Lipinski definition) is 4. The average molecular weight is 546 g/mol. The summed E-state index contributed by atoms with van der Waals surface area (Å²) in [5.74, 6) is 2.39. The van der Waals surface area contributed by atoms with Crippen molar-refractivity contribution in [2.24, 2.45) is 10.4 Å². The third-order valence-electron chi connectivity index (χ3n) is 5.01. The number of aliphatic imine (C=N–C) groups is 1. The molecule has 0 aliphatic heterocycles. The molecule has 1 fully saturated rings. The molecule has 0 saturated heterocycles. The highest BCUT2D eigenvalue weighted by Gasteiger charge is 2.20. The first-order valence-electron chi connectivity index (χ1n) is 11.0. The maximum Gasteiger partial charge on any atom is 0.225 e. The van der Waals surface area contributed by atoms with Gasteiger partial charge in [-0.1, -0.05) is 20.8 Å². The lowest BCUT2D eigenvalue weighted by Gasteiger charge is -2.19. The number of guanidine groups is 1. The SMILES string of the molecule is CCNC(=NCc1ccc(OC)cc1OC1CCCC1)NCCNC(=O)C(C)(C)C.I. The van der Waals surface area contributed by atoms with E-state index in [9.17, 15) is 4.79 Å². The number of methoxy groups -OCH3 is 1. The Morgan fingerprint density at radius 3 is 2.42 bits per heavy atom. The minimum absolute atomic E-state index is 0. The molecule has 3 N–H and O–H groups in total. The van der Waals surface area contributed by atoms with Crippen molar-refractivity contribution < 1.29 is 14.3 Å². The molecule has 1 aliphatic carbocycles. The van der Waals surface area contributed by atoms with Crippen LogP contribution >= 0.6 is 24.0 Å². The van der Waals surface area contributed by atoms with Crippen molar-refractivity contribution in [3.63, 3.8) is 0 Å². The molecule has 1 aromatic carbocycles. The molecule has 0 spiro atoms. The fourth-order valence-electron chi connectivity index (χ4n) is 3.22. The maximum absolute atomic E-state index is 12.0. The minimum atomic E-state index is -0.386. The standard InChI is InChI=1S/C23H38N4O3.HI/c1-6-24-22(26-14-13-25-21(28)23(2,3)4)27-16-17-11-12-19(29-5)15-20(17)30-18-9-7-8-10-18;/h11-12,15,18H,6-10,13-14,16H2,1-5H3,(H,25,28)(H2,24,26,27);1H. The molecule has 0 bridgehead atoms. The second-order valence-electron chi connectivity index (χ2n) is 8.63. The van der Waals surface area contributed by atoms with Gasteiger partial charge in [0.25, 0.3) is 0 Å². The summed E-state index contributed by atoms with van der Waals surface area (Å²) in [7, 11) is 1.66. The van der Waals surface area contributed by atoms with Crippen LogP contribution in [0.5, 0.6) is 11.5 Å². The van der Waals surface area contributed by atoms with E-state index in [0.29, 0.717) is 25.6 Å². The van der Waals surface area contributed by atoms with Crippen LogP contribution in [0.1, 0.15) is 58.9 Å². The zero-order chi connectivity index (χ0) is 22.0. The lowest BCUT2D eigenvalue weighted by Crippen LogP contribution is -2.43. The van der Waals surface area contributed by atoms with Gasteiger partial charge in [-0.25, -0.2) is 4.99 Å². The highest BCUT2D eigenvalue weighted by Crippen LogP contribution is 2.30. The molecule has 7 nitrogen and oxygen atoms in total. The minimum Gasteiger partial charge on any atom is -0.497 e. The van der Waals surface area contributed by atoms with E-state index in [-0.39, 0.29) is 41.4 Å². The van der Waals surface area contributed by atoms with Crippen molar-refractivity contribution in [3.8, 4) is 11.5 Å². The van der Waals surface area contributed by atoms with Gasteiger partial charge in [-0.3, -0.25) is 4.79 Å². The van der Waals surface area contributed by atoms with Gasteiger partial charge < -0.3 is 25.4 Å². The molecule has 176 valence electrons. The van der Waals surface area contributed by atoms with E-state index in [1.165, 1.54) is 12.8 Å². The van der Waals surface area contributed by atoms with Crippen LogP contribution in [0.25, 0.3) is 0 Å². The number of amides is 1. The molecule has 0 unspecified atom stereocenters. The first kappa shape index (κ1) is 27.3. The van der Waals surface area contributed by atoms with E-state index in [2.05, 4.69) is 16.0 Å². The zero-order valence-electron chi connectivity index (χ0n) is 19.5. The van der Waals surface area contributed by atoms with Gasteiger partial charge in [0.15, 0.2) is 5.96 Å². The summed E-state index contributed by atoms with van der Waals surface area (Å²) < 4.78 is 11.6. The molecule has 1 amide bonds. The van der Waals surface area contributed by atoms with Gasteiger partial charge in [0.1, 0.15) is 11.5 Å².